The zero-order chi connectivity index (χ0) is 17.8. The highest BCUT2D eigenvalue weighted by Gasteiger charge is 2.15. The molecule has 25 heavy (non-hydrogen) atoms. The summed E-state index contributed by atoms with van der Waals surface area (Å²) >= 11 is 3.45. The Balaban J connectivity index is 2.17. The highest BCUT2D eigenvalue weighted by molar-refractivity contribution is 7.14. The molecule has 0 bridgehead atoms. The van der Waals surface area contributed by atoms with E-state index in [9.17, 15) is 0 Å². The molecule has 3 aromatic rings. The van der Waals surface area contributed by atoms with Crippen molar-refractivity contribution in [2.75, 3.05) is 13.7 Å². The van der Waals surface area contributed by atoms with E-state index in [1.165, 1.54) is 16.1 Å². The molecule has 5 heteroatoms. The summed E-state index contributed by atoms with van der Waals surface area (Å²) in [5.41, 5.74) is 3.54. The number of ether oxygens (including phenoxy) is 1. The van der Waals surface area contributed by atoms with Gasteiger partial charge >= 0.3 is 0 Å². The Morgan fingerprint density at radius 3 is 2.56 bits per heavy atom. The van der Waals surface area contributed by atoms with Gasteiger partial charge in [0.25, 0.3) is 0 Å². The third-order valence-electron chi connectivity index (χ3n) is 4.14. The Labute approximate surface area is 157 Å². The van der Waals surface area contributed by atoms with Gasteiger partial charge in [0, 0.05) is 12.5 Å². The summed E-state index contributed by atoms with van der Waals surface area (Å²) in [6, 6.07) is 12.9. The summed E-state index contributed by atoms with van der Waals surface area (Å²) in [5.74, 6) is 0.446. The van der Waals surface area contributed by atoms with Gasteiger partial charge in [-0.2, -0.15) is 0 Å². The van der Waals surface area contributed by atoms with Crippen LogP contribution in [0.15, 0.2) is 52.2 Å². The third-order valence-corrected chi connectivity index (χ3v) is 5.87. The van der Waals surface area contributed by atoms with Gasteiger partial charge in [0.2, 0.25) is 0 Å². The first-order valence-corrected chi connectivity index (χ1v) is 10.2. The molecule has 2 aromatic heterocycles. The molecule has 0 N–H and O–H groups in total. The first kappa shape index (κ1) is 18.1. The summed E-state index contributed by atoms with van der Waals surface area (Å²) in [6.45, 7) is 7.26. The van der Waals surface area contributed by atoms with E-state index < -0.39 is 0 Å². The molecule has 3 nitrogen and oxygen atoms in total. The number of thiazole rings is 1. The fourth-order valence-electron chi connectivity index (χ4n) is 2.93. The van der Waals surface area contributed by atoms with Gasteiger partial charge < -0.3 is 9.30 Å². The number of methoxy groups -OCH3 is 1. The van der Waals surface area contributed by atoms with Crippen LogP contribution in [-0.4, -0.2) is 18.3 Å². The highest BCUT2D eigenvalue weighted by Crippen LogP contribution is 2.29. The number of rotatable bonds is 6. The molecule has 0 radical (unpaired) electrons. The summed E-state index contributed by atoms with van der Waals surface area (Å²) < 4.78 is 7.72. The average molecular weight is 373 g/mol. The van der Waals surface area contributed by atoms with Crippen molar-refractivity contribution in [1.82, 2.24) is 4.57 Å². The lowest BCUT2D eigenvalue weighted by Gasteiger charge is -2.16. The van der Waals surface area contributed by atoms with Crippen molar-refractivity contribution < 1.29 is 4.74 Å². The maximum Gasteiger partial charge on any atom is 0.190 e. The Morgan fingerprint density at radius 2 is 1.88 bits per heavy atom. The average Bonchev–Trinajstić information content (AvgIpc) is 3.24. The van der Waals surface area contributed by atoms with E-state index in [0.717, 1.165) is 10.5 Å². The smallest absolute Gasteiger partial charge is 0.190 e. The van der Waals surface area contributed by atoms with Crippen LogP contribution in [-0.2, 0) is 4.74 Å². The summed E-state index contributed by atoms with van der Waals surface area (Å²) in [4.78, 5) is 7.30. The summed E-state index contributed by atoms with van der Waals surface area (Å²) in [5, 5.41) is 4.32. The molecule has 1 unspecified atom stereocenters. The van der Waals surface area contributed by atoms with Gasteiger partial charge in [-0.25, -0.2) is 4.99 Å². The molecule has 0 aliphatic carbocycles. The van der Waals surface area contributed by atoms with Gasteiger partial charge in [-0.05, 0) is 35.9 Å². The number of hydrogen-bond acceptors (Lipinski definition) is 4. The van der Waals surface area contributed by atoms with Crippen LogP contribution < -0.4 is 4.80 Å². The van der Waals surface area contributed by atoms with Crippen LogP contribution in [0.5, 0.6) is 0 Å². The second-order valence-electron chi connectivity index (χ2n) is 6.38. The van der Waals surface area contributed by atoms with Crippen LogP contribution in [0.3, 0.4) is 0 Å². The molecule has 3 rings (SSSR count). The standard InChI is InChI=1S/C20H24N2OS2/c1-14(2)16-8-5-6-9-17(16)21-20-22(15(3)12-23-4)18(13-25-20)19-10-7-11-24-19/h5-11,13-15H,12H2,1-4H3. The van der Waals surface area contributed by atoms with E-state index in [4.69, 9.17) is 9.73 Å². The minimum atomic E-state index is 0.221. The van der Waals surface area contributed by atoms with Gasteiger partial charge in [0.1, 0.15) is 0 Å². The summed E-state index contributed by atoms with van der Waals surface area (Å²) in [7, 11) is 1.75. The van der Waals surface area contributed by atoms with E-state index >= 15 is 0 Å². The van der Waals surface area contributed by atoms with E-state index in [2.05, 4.69) is 72.5 Å². The van der Waals surface area contributed by atoms with Crippen molar-refractivity contribution in [2.45, 2.75) is 32.7 Å². The fraction of sp³-hybridized carbons (Fsp3) is 0.350. The number of aromatic nitrogens is 1. The monoisotopic (exact) mass is 372 g/mol. The second-order valence-corrected chi connectivity index (χ2v) is 8.16. The second kappa shape index (κ2) is 8.13. The predicted molar refractivity (Wildman–Crippen MR) is 108 cm³/mol. The first-order valence-electron chi connectivity index (χ1n) is 8.48. The fourth-order valence-corrected chi connectivity index (χ4v) is 4.74. The lowest BCUT2D eigenvalue weighted by atomic mass is 10.0. The number of para-hydroxylation sites is 1. The Hall–Kier alpha value is -1.69. The van der Waals surface area contributed by atoms with Crippen LogP contribution >= 0.6 is 22.7 Å². The van der Waals surface area contributed by atoms with Gasteiger partial charge in [-0.3, -0.25) is 0 Å². The molecule has 0 aliphatic rings. The van der Waals surface area contributed by atoms with Crippen molar-refractivity contribution in [2.24, 2.45) is 4.99 Å². The maximum absolute atomic E-state index is 5.41. The van der Waals surface area contributed by atoms with Gasteiger partial charge in [0.05, 0.1) is 28.9 Å². The number of nitrogens with zero attached hydrogens (tertiary/aromatic N) is 2. The Kier molecular flexibility index (Phi) is 5.89. The van der Waals surface area contributed by atoms with E-state index in [1.54, 1.807) is 29.8 Å². The Bertz CT molecular complexity index is 875. The Morgan fingerprint density at radius 1 is 1.08 bits per heavy atom. The van der Waals surface area contributed by atoms with Crippen LogP contribution in [0.1, 0.15) is 38.3 Å². The minimum Gasteiger partial charge on any atom is -0.383 e. The van der Waals surface area contributed by atoms with Crippen molar-refractivity contribution in [3.05, 3.63) is 57.5 Å². The van der Waals surface area contributed by atoms with Gasteiger partial charge in [-0.1, -0.05) is 38.1 Å². The van der Waals surface area contributed by atoms with Crippen LogP contribution in [0, 0.1) is 0 Å². The predicted octanol–water partition coefficient (Wildman–Crippen LogP) is 5.84. The first-order chi connectivity index (χ1) is 12.1. The van der Waals surface area contributed by atoms with Crippen LogP contribution in [0.25, 0.3) is 10.6 Å². The number of thiophene rings is 1. The quantitative estimate of drug-likeness (QED) is 0.534. The summed E-state index contributed by atoms with van der Waals surface area (Å²) in [6.07, 6.45) is 0. The molecule has 0 saturated carbocycles. The third kappa shape index (κ3) is 3.94. The largest absolute Gasteiger partial charge is 0.383 e. The molecule has 1 aromatic carbocycles. The SMILES string of the molecule is COCC(C)n1c(-c2cccs2)csc1=Nc1ccccc1C(C)C. The molecule has 0 spiro atoms. The zero-order valence-electron chi connectivity index (χ0n) is 15.1. The topological polar surface area (TPSA) is 26.5 Å². The van der Waals surface area contributed by atoms with Crippen molar-refractivity contribution >= 4 is 28.4 Å². The van der Waals surface area contributed by atoms with E-state index in [1.807, 2.05) is 0 Å². The zero-order valence-corrected chi connectivity index (χ0v) is 16.7. The number of benzene rings is 1. The minimum absolute atomic E-state index is 0.221. The molecule has 0 aliphatic heterocycles. The highest BCUT2D eigenvalue weighted by atomic mass is 32.1. The molecule has 0 fully saturated rings. The molecule has 0 saturated heterocycles. The van der Waals surface area contributed by atoms with Crippen LogP contribution in [0.4, 0.5) is 5.69 Å². The van der Waals surface area contributed by atoms with E-state index in [-0.39, 0.29) is 6.04 Å². The van der Waals surface area contributed by atoms with E-state index in [0.29, 0.717) is 12.5 Å². The molecule has 132 valence electrons. The molecule has 2 heterocycles. The lowest BCUT2D eigenvalue weighted by Crippen LogP contribution is -2.22. The molecule has 1 atom stereocenters. The van der Waals surface area contributed by atoms with Crippen molar-refractivity contribution in [1.29, 1.82) is 0 Å². The van der Waals surface area contributed by atoms with Crippen molar-refractivity contribution in [3.8, 4) is 10.6 Å². The normalized spacial score (nSPS) is 13.6. The van der Waals surface area contributed by atoms with Gasteiger partial charge in [0.15, 0.2) is 4.80 Å². The molecular weight excluding hydrogens is 348 g/mol. The maximum atomic E-state index is 5.41. The van der Waals surface area contributed by atoms with Gasteiger partial charge in [-0.15, -0.1) is 22.7 Å². The lowest BCUT2D eigenvalue weighted by molar-refractivity contribution is 0.162. The molecular formula is C20H24N2OS2. The number of hydrogen-bond donors (Lipinski definition) is 0. The van der Waals surface area contributed by atoms with Crippen molar-refractivity contribution in [3.63, 3.8) is 0 Å². The molecule has 0 amide bonds. The van der Waals surface area contributed by atoms with Crippen LogP contribution in [0.2, 0.25) is 0 Å².